The molecule has 0 N–H and O–H groups in total. The molecule has 0 unspecified atom stereocenters. The highest BCUT2D eigenvalue weighted by Crippen LogP contribution is 2.29. The molecule has 1 heterocycles. The summed E-state index contributed by atoms with van der Waals surface area (Å²) in [4.78, 5) is 2.09. The van der Waals surface area contributed by atoms with E-state index in [-0.39, 0.29) is 11.5 Å². The summed E-state index contributed by atoms with van der Waals surface area (Å²) in [7, 11) is -2.91. The second-order valence-electron chi connectivity index (χ2n) is 6.79. The lowest BCUT2D eigenvalue weighted by atomic mass is 10.1. The highest BCUT2D eigenvalue weighted by Gasteiger charge is 2.22. The largest absolute Gasteiger partial charge is 0.457 e. The molecule has 5 nitrogen and oxygen atoms in total. The van der Waals surface area contributed by atoms with Crippen LogP contribution in [0.3, 0.4) is 0 Å². The summed E-state index contributed by atoms with van der Waals surface area (Å²) in [5.41, 5.74) is 3.70. The van der Waals surface area contributed by atoms with Gasteiger partial charge in [0.05, 0.1) is 23.1 Å². The average molecular weight is 370 g/mol. The zero-order valence-corrected chi connectivity index (χ0v) is 15.8. The van der Waals surface area contributed by atoms with Crippen LogP contribution in [0.1, 0.15) is 22.3 Å². The number of benzene rings is 2. The van der Waals surface area contributed by atoms with Crippen molar-refractivity contribution in [2.45, 2.75) is 20.4 Å². The van der Waals surface area contributed by atoms with E-state index in [0.717, 1.165) is 22.4 Å². The third kappa shape index (κ3) is 4.63. The van der Waals surface area contributed by atoms with Crippen molar-refractivity contribution >= 4 is 9.84 Å². The second kappa shape index (κ2) is 7.48. The van der Waals surface area contributed by atoms with Gasteiger partial charge in [-0.15, -0.1) is 0 Å². The minimum Gasteiger partial charge on any atom is -0.457 e. The van der Waals surface area contributed by atoms with Gasteiger partial charge in [-0.2, -0.15) is 5.26 Å². The van der Waals surface area contributed by atoms with Crippen LogP contribution in [0.2, 0.25) is 0 Å². The zero-order chi connectivity index (χ0) is 18.7. The van der Waals surface area contributed by atoms with Crippen LogP contribution in [0.5, 0.6) is 11.5 Å². The summed E-state index contributed by atoms with van der Waals surface area (Å²) in [5.74, 6) is 1.81. The first-order valence-corrected chi connectivity index (χ1v) is 10.4. The molecule has 1 aliphatic rings. The van der Waals surface area contributed by atoms with Crippen molar-refractivity contribution < 1.29 is 13.2 Å². The molecule has 2 aromatic rings. The van der Waals surface area contributed by atoms with Crippen LogP contribution in [0.15, 0.2) is 36.4 Å². The molecule has 2 aromatic carbocycles. The Labute approximate surface area is 154 Å². The highest BCUT2D eigenvalue weighted by molar-refractivity contribution is 7.91. The molecule has 6 heteroatoms. The van der Waals surface area contributed by atoms with Crippen molar-refractivity contribution in [1.29, 1.82) is 5.26 Å². The lowest BCUT2D eigenvalue weighted by Gasteiger charge is -2.27. The molecule has 0 aromatic heterocycles. The molecule has 26 heavy (non-hydrogen) atoms. The topological polar surface area (TPSA) is 70.4 Å². The fraction of sp³-hybridized carbons (Fsp3) is 0.350. The van der Waals surface area contributed by atoms with E-state index in [9.17, 15) is 13.7 Å². The van der Waals surface area contributed by atoms with Crippen LogP contribution in [-0.2, 0) is 16.4 Å². The fourth-order valence-electron chi connectivity index (χ4n) is 3.14. The predicted molar refractivity (Wildman–Crippen MR) is 101 cm³/mol. The van der Waals surface area contributed by atoms with Crippen molar-refractivity contribution in [1.82, 2.24) is 4.90 Å². The Morgan fingerprint density at radius 3 is 2.35 bits per heavy atom. The maximum atomic E-state index is 11.6. The van der Waals surface area contributed by atoms with Gasteiger partial charge in [0.2, 0.25) is 0 Å². The maximum absolute atomic E-state index is 11.6. The van der Waals surface area contributed by atoms with Crippen LogP contribution in [-0.4, -0.2) is 37.9 Å². The van der Waals surface area contributed by atoms with E-state index in [1.807, 2.05) is 38.1 Å². The maximum Gasteiger partial charge on any atom is 0.152 e. The Balaban J connectivity index is 1.85. The molecule has 136 valence electrons. The Kier molecular flexibility index (Phi) is 5.30. The van der Waals surface area contributed by atoms with Gasteiger partial charge in [0.1, 0.15) is 11.5 Å². The normalized spacial score (nSPS) is 16.8. The number of ether oxygens (including phenoxy) is 1. The van der Waals surface area contributed by atoms with Gasteiger partial charge in [0, 0.05) is 25.2 Å². The van der Waals surface area contributed by atoms with E-state index in [4.69, 9.17) is 4.74 Å². The molecule has 1 saturated heterocycles. The molecule has 3 rings (SSSR count). The number of hydrogen-bond donors (Lipinski definition) is 0. The van der Waals surface area contributed by atoms with Crippen molar-refractivity contribution in [3.05, 3.63) is 58.7 Å². The standard InChI is InChI=1S/C20H22N2O3S/c1-15-9-16(2)11-19(10-15)25-20-4-3-17(13-21)12-18(20)14-22-5-7-26(23,24)8-6-22/h3-4,9-12H,5-8,14H2,1-2H3. The summed E-state index contributed by atoms with van der Waals surface area (Å²) in [6.07, 6.45) is 0. The summed E-state index contributed by atoms with van der Waals surface area (Å²) in [6.45, 7) is 5.61. The Bertz CT molecular complexity index is 927. The number of rotatable bonds is 4. The number of sulfone groups is 1. The van der Waals surface area contributed by atoms with Gasteiger partial charge in [0.25, 0.3) is 0 Å². The quantitative estimate of drug-likeness (QED) is 0.826. The van der Waals surface area contributed by atoms with Crippen LogP contribution >= 0.6 is 0 Å². The van der Waals surface area contributed by atoms with Crippen molar-refractivity contribution in [2.24, 2.45) is 0 Å². The molecule has 1 aliphatic heterocycles. The first kappa shape index (κ1) is 18.4. The lowest BCUT2D eigenvalue weighted by Crippen LogP contribution is -2.39. The number of nitriles is 1. The number of nitrogens with zero attached hydrogens (tertiary/aromatic N) is 2. The summed E-state index contributed by atoms with van der Waals surface area (Å²) >= 11 is 0. The van der Waals surface area contributed by atoms with Crippen molar-refractivity contribution in [3.8, 4) is 17.6 Å². The van der Waals surface area contributed by atoms with E-state index < -0.39 is 9.84 Å². The average Bonchev–Trinajstić information content (AvgIpc) is 2.57. The highest BCUT2D eigenvalue weighted by atomic mass is 32.2. The molecule has 0 aliphatic carbocycles. The van der Waals surface area contributed by atoms with Gasteiger partial charge < -0.3 is 4.74 Å². The molecular weight excluding hydrogens is 348 g/mol. The first-order chi connectivity index (χ1) is 12.3. The van der Waals surface area contributed by atoms with Crippen molar-refractivity contribution in [2.75, 3.05) is 24.6 Å². The molecule has 0 atom stereocenters. The van der Waals surface area contributed by atoms with E-state index >= 15 is 0 Å². The second-order valence-corrected chi connectivity index (χ2v) is 9.09. The molecule has 1 fully saturated rings. The van der Waals surface area contributed by atoms with E-state index in [1.54, 1.807) is 6.07 Å². The Hall–Kier alpha value is -2.36. The van der Waals surface area contributed by atoms with Crippen molar-refractivity contribution in [3.63, 3.8) is 0 Å². The third-order valence-electron chi connectivity index (χ3n) is 4.44. The van der Waals surface area contributed by atoms with Gasteiger partial charge in [-0.1, -0.05) is 6.07 Å². The van der Waals surface area contributed by atoms with Gasteiger partial charge in [-0.3, -0.25) is 4.90 Å². The van der Waals surface area contributed by atoms with Gasteiger partial charge in [-0.25, -0.2) is 8.42 Å². The minimum absolute atomic E-state index is 0.179. The number of aryl methyl sites for hydroxylation is 2. The van der Waals surface area contributed by atoms with Gasteiger partial charge in [-0.05, 0) is 55.3 Å². The molecule has 0 spiro atoms. The smallest absolute Gasteiger partial charge is 0.152 e. The van der Waals surface area contributed by atoms with Crippen LogP contribution < -0.4 is 4.74 Å². The molecule has 0 bridgehead atoms. The van der Waals surface area contributed by atoms with E-state index in [1.165, 1.54) is 0 Å². The van der Waals surface area contributed by atoms with E-state index in [0.29, 0.717) is 30.9 Å². The molecule has 0 radical (unpaired) electrons. The Morgan fingerprint density at radius 2 is 1.73 bits per heavy atom. The zero-order valence-electron chi connectivity index (χ0n) is 15.0. The monoisotopic (exact) mass is 370 g/mol. The van der Waals surface area contributed by atoms with Crippen LogP contribution in [0.4, 0.5) is 0 Å². The molecule has 0 saturated carbocycles. The summed E-state index contributed by atoms with van der Waals surface area (Å²) in [5, 5.41) is 9.21. The SMILES string of the molecule is Cc1cc(C)cc(Oc2ccc(C#N)cc2CN2CCS(=O)(=O)CC2)c1. The summed E-state index contributed by atoms with van der Waals surface area (Å²) < 4.78 is 29.4. The first-order valence-electron chi connectivity index (χ1n) is 8.56. The third-order valence-corrected chi connectivity index (χ3v) is 6.05. The molecular formula is C20H22N2O3S. The molecule has 0 amide bonds. The van der Waals surface area contributed by atoms with Crippen LogP contribution in [0.25, 0.3) is 0 Å². The number of hydrogen-bond acceptors (Lipinski definition) is 5. The summed E-state index contributed by atoms with van der Waals surface area (Å²) in [6, 6.07) is 13.6. The van der Waals surface area contributed by atoms with E-state index in [2.05, 4.69) is 17.0 Å². The van der Waals surface area contributed by atoms with Gasteiger partial charge in [0.15, 0.2) is 9.84 Å². The minimum atomic E-state index is -2.91. The van der Waals surface area contributed by atoms with Crippen LogP contribution in [0, 0.1) is 25.2 Å². The fourth-order valence-corrected chi connectivity index (χ4v) is 4.42. The van der Waals surface area contributed by atoms with Gasteiger partial charge >= 0.3 is 0 Å². The Morgan fingerprint density at radius 1 is 1.08 bits per heavy atom. The lowest BCUT2D eigenvalue weighted by molar-refractivity contribution is 0.284. The predicted octanol–water partition coefficient (Wildman–Crippen LogP) is 3.20.